The lowest BCUT2D eigenvalue weighted by molar-refractivity contribution is 0.551. The molecule has 0 aliphatic rings. The van der Waals surface area contributed by atoms with E-state index in [9.17, 15) is 8.78 Å². The monoisotopic (exact) mass is 229 g/mol. The largest absolute Gasteiger partial charge is 0.334 e. The first-order valence-electron chi connectivity index (χ1n) is 5.27. The van der Waals surface area contributed by atoms with Gasteiger partial charge in [-0.2, -0.15) is 0 Å². The fourth-order valence-electron chi connectivity index (χ4n) is 1.63. The van der Waals surface area contributed by atoms with E-state index >= 15 is 0 Å². The van der Waals surface area contributed by atoms with Crippen molar-refractivity contribution in [2.45, 2.75) is 19.4 Å². The van der Waals surface area contributed by atoms with Gasteiger partial charge in [-0.05, 0) is 30.1 Å². The SMILES string of the molecule is CC(C[SiH2]CN)Cc1ccc(F)cc1F. The van der Waals surface area contributed by atoms with Crippen molar-refractivity contribution in [1.82, 2.24) is 0 Å². The van der Waals surface area contributed by atoms with Crippen molar-refractivity contribution in [2.75, 3.05) is 6.17 Å². The van der Waals surface area contributed by atoms with Crippen LogP contribution in [-0.2, 0) is 6.42 Å². The molecule has 0 fully saturated rings. The summed E-state index contributed by atoms with van der Waals surface area (Å²) in [6, 6.07) is 4.91. The van der Waals surface area contributed by atoms with Crippen LogP contribution >= 0.6 is 0 Å². The van der Waals surface area contributed by atoms with Gasteiger partial charge in [-0.25, -0.2) is 8.78 Å². The van der Waals surface area contributed by atoms with Crippen molar-refractivity contribution in [2.24, 2.45) is 11.7 Å². The zero-order valence-electron chi connectivity index (χ0n) is 8.97. The summed E-state index contributed by atoms with van der Waals surface area (Å²) < 4.78 is 25.9. The summed E-state index contributed by atoms with van der Waals surface area (Å²) in [5.74, 6) is -0.503. The van der Waals surface area contributed by atoms with Crippen LogP contribution in [0.3, 0.4) is 0 Å². The first-order valence-corrected chi connectivity index (χ1v) is 7.27. The van der Waals surface area contributed by atoms with Crippen LogP contribution in [0.1, 0.15) is 12.5 Å². The molecular formula is C11H17F2NSi. The molecule has 4 heteroatoms. The second kappa shape index (κ2) is 5.98. The van der Waals surface area contributed by atoms with Crippen molar-refractivity contribution in [3.8, 4) is 0 Å². The Bertz CT molecular complexity index is 317. The molecule has 0 aromatic heterocycles. The molecule has 0 amide bonds. The lowest BCUT2D eigenvalue weighted by Crippen LogP contribution is -2.13. The minimum atomic E-state index is -0.514. The van der Waals surface area contributed by atoms with Gasteiger partial charge in [-0.1, -0.05) is 19.0 Å². The first kappa shape index (κ1) is 12.3. The van der Waals surface area contributed by atoms with Gasteiger partial charge in [0.25, 0.3) is 0 Å². The molecule has 0 heterocycles. The summed E-state index contributed by atoms with van der Waals surface area (Å²) in [5.41, 5.74) is 6.06. The summed E-state index contributed by atoms with van der Waals surface area (Å²) in [7, 11) is -0.180. The Morgan fingerprint density at radius 1 is 1.40 bits per heavy atom. The van der Waals surface area contributed by atoms with E-state index in [1.54, 1.807) is 0 Å². The van der Waals surface area contributed by atoms with Crippen LogP contribution in [0, 0.1) is 17.6 Å². The Labute approximate surface area is 91.5 Å². The van der Waals surface area contributed by atoms with E-state index in [4.69, 9.17) is 5.73 Å². The lowest BCUT2D eigenvalue weighted by Gasteiger charge is -2.10. The van der Waals surface area contributed by atoms with Crippen molar-refractivity contribution in [3.63, 3.8) is 0 Å². The molecule has 1 aromatic carbocycles. The number of rotatable bonds is 5. The molecule has 0 radical (unpaired) electrons. The molecule has 84 valence electrons. The summed E-state index contributed by atoms with van der Waals surface area (Å²) in [6.07, 6.45) is 1.48. The Kier molecular flexibility index (Phi) is 4.91. The summed E-state index contributed by atoms with van der Waals surface area (Å²) in [6.45, 7) is 2.09. The van der Waals surface area contributed by atoms with Crippen LogP contribution in [0.5, 0.6) is 0 Å². The number of hydrogen-bond donors (Lipinski definition) is 1. The van der Waals surface area contributed by atoms with Gasteiger partial charge in [0.2, 0.25) is 0 Å². The molecule has 2 N–H and O–H groups in total. The van der Waals surface area contributed by atoms with Crippen molar-refractivity contribution >= 4 is 9.52 Å². The highest BCUT2D eigenvalue weighted by Gasteiger charge is 2.08. The first-order chi connectivity index (χ1) is 7.13. The number of hydrogen-bond acceptors (Lipinski definition) is 1. The third-order valence-electron chi connectivity index (χ3n) is 2.48. The Balaban J connectivity index is 2.56. The maximum Gasteiger partial charge on any atom is 0.129 e. The van der Waals surface area contributed by atoms with Crippen molar-refractivity contribution in [1.29, 1.82) is 0 Å². The highest BCUT2D eigenvalue weighted by Crippen LogP contribution is 2.16. The van der Waals surface area contributed by atoms with Crippen LogP contribution in [0.25, 0.3) is 0 Å². The van der Waals surface area contributed by atoms with Crippen LogP contribution in [-0.4, -0.2) is 15.7 Å². The van der Waals surface area contributed by atoms with Gasteiger partial charge in [-0.15, -0.1) is 0 Å². The van der Waals surface area contributed by atoms with Gasteiger partial charge in [-0.3, -0.25) is 0 Å². The fraction of sp³-hybridized carbons (Fsp3) is 0.455. The molecule has 0 spiro atoms. The minimum Gasteiger partial charge on any atom is -0.334 e. The van der Waals surface area contributed by atoms with Crippen LogP contribution < -0.4 is 5.73 Å². The Morgan fingerprint density at radius 2 is 2.13 bits per heavy atom. The quantitative estimate of drug-likeness (QED) is 0.763. The van der Waals surface area contributed by atoms with Gasteiger partial charge in [0.1, 0.15) is 11.6 Å². The maximum atomic E-state index is 13.3. The number of nitrogens with two attached hydrogens (primary N) is 1. The highest BCUT2D eigenvalue weighted by atomic mass is 28.2. The zero-order chi connectivity index (χ0) is 11.3. The van der Waals surface area contributed by atoms with Crippen LogP contribution in [0.4, 0.5) is 8.78 Å². The van der Waals surface area contributed by atoms with E-state index in [0.29, 0.717) is 17.9 Å². The number of benzene rings is 1. The molecule has 15 heavy (non-hydrogen) atoms. The third-order valence-corrected chi connectivity index (χ3v) is 4.29. The molecule has 1 rings (SSSR count). The molecule has 0 saturated heterocycles. The minimum absolute atomic E-state index is 0.180. The molecule has 1 atom stereocenters. The third kappa shape index (κ3) is 4.09. The summed E-state index contributed by atoms with van der Waals surface area (Å²) in [4.78, 5) is 0. The van der Waals surface area contributed by atoms with E-state index in [1.165, 1.54) is 12.1 Å². The molecule has 1 aromatic rings. The van der Waals surface area contributed by atoms with Gasteiger partial charge in [0.15, 0.2) is 0 Å². The highest BCUT2D eigenvalue weighted by molar-refractivity contribution is 6.35. The summed E-state index contributed by atoms with van der Waals surface area (Å²) >= 11 is 0. The molecular weight excluding hydrogens is 212 g/mol. The van der Waals surface area contributed by atoms with Crippen molar-refractivity contribution in [3.05, 3.63) is 35.4 Å². The normalized spacial score (nSPS) is 13.6. The van der Waals surface area contributed by atoms with E-state index in [0.717, 1.165) is 18.3 Å². The van der Waals surface area contributed by atoms with Gasteiger partial charge >= 0.3 is 0 Å². The van der Waals surface area contributed by atoms with Gasteiger partial charge in [0.05, 0.1) is 0 Å². The van der Waals surface area contributed by atoms with E-state index in [2.05, 4.69) is 6.92 Å². The predicted molar refractivity (Wildman–Crippen MR) is 61.6 cm³/mol. The second-order valence-corrected chi connectivity index (χ2v) is 5.84. The lowest BCUT2D eigenvalue weighted by atomic mass is 10.0. The van der Waals surface area contributed by atoms with Gasteiger partial charge in [0, 0.05) is 15.6 Å². The van der Waals surface area contributed by atoms with E-state index in [1.807, 2.05) is 0 Å². The van der Waals surface area contributed by atoms with E-state index in [-0.39, 0.29) is 9.52 Å². The van der Waals surface area contributed by atoms with E-state index < -0.39 is 11.6 Å². The smallest absolute Gasteiger partial charge is 0.129 e. The predicted octanol–water partition coefficient (Wildman–Crippen LogP) is 1.65. The number of halogens is 2. The Morgan fingerprint density at radius 3 is 2.73 bits per heavy atom. The molecule has 0 bridgehead atoms. The molecule has 1 nitrogen and oxygen atoms in total. The van der Waals surface area contributed by atoms with Gasteiger partial charge < -0.3 is 5.73 Å². The molecule has 0 saturated carbocycles. The maximum absolute atomic E-state index is 13.3. The standard InChI is InChI=1S/C11H17F2NSi/c1-8(6-15-7-14)4-9-2-3-10(12)5-11(9)13/h2-3,5,8H,4,6-7,14-15H2,1H3. The molecule has 0 aliphatic heterocycles. The molecule has 0 aliphatic carbocycles. The summed E-state index contributed by atoms with van der Waals surface area (Å²) in [5, 5.41) is 0. The topological polar surface area (TPSA) is 26.0 Å². The average molecular weight is 229 g/mol. The second-order valence-electron chi connectivity index (χ2n) is 3.98. The Hall–Kier alpha value is -0.743. The average Bonchev–Trinajstić information content (AvgIpc) is 2.19. The molecule has 1 unspecified atom stereocenters. The van der Waals surface area contributed by atoms with Crippen LogP contribution in [0.2, 0.25) is 6.04 Å². The zero-order valence-corrected chi connectivity index (χ0v) is 10.4. The van der Waals surface area contributed by atoms with Crippen LogP contribution in [0.15, 0.2) is 18.2 Å². The fourth-order valence-corrected chi connectivity index (χ4v) is 2.77. The van der Waals surface area contributed by atoms with Crippen molar-refractivity contribution < 1.29 is 8.78 Å².